The van der Waals surface area contributed by atoms with Gasteiger partial charge >= 0.3 is 6.03 Å². The second-order valence-electron chi connectivity index (χ2n) is 6.25. The molecule has 8 nitrogen and oxygen atoms in total. The van der Waals surface area contributed by atoms with Gasteiger partial charge in [-0.3, -0.25) is 4.79 Å². The predicted molar refractivity (Wildman–Crippen MR) is 108 cm³/mol. The quantitative estimate of drug-likeness (QED) is 0.646. The zero-order valence-corrected chi connectivity index (χ0v) is 16.8. The van der Waals surface area contributed by atoms with Crippen LogP contribution in [0.5, 0.6) is 0 Å². The van der Waals surface area contributed by atoms with Crippen molar-refractivity contribution in [3.05, 3.63) is 59.7 Å². The van der Waals surface area contributed by atoms with Crippen molar-refractivity contribution >= 4 is 27.6 Å². The first-order valence-electron chi connectivity index (χ1n) is 8.62. The Balaban J connectivity index is 1.96. The predicted octanol–water partition coefficient (Wildman–Crippen LogP) is 1.34. The Morgan fingerprint density at radius 2 is 1.64 bits per heavy atom. The summed E-state index contributed by atoms with van der Waals surface area (Å²) in [6.45, 7) is 0.406. The third kappa shape index (κ3) is 5.46. The van der Waals surface area contributed by atoms with Crippen molar-refractivity contribution in [2.45, 2.75) is 11.3 Å². The molecule has 9 heteroatoms. The Labute approximate surface area is 165 Å². The molecule has 150 valence electrons. The van der Waals surface area contributed by atoms with Crippen LogP contribution in [0.3, 0.4) is 0 Å². The van der Waals surface area contributed by atoms with Crippen LogP contribution in [0.2, 0.25) is 0 Å². The maximum atomic E-state index is 12.4. The molecule has 0 atom stereocenters. The van der Waals surface area contributed by atoms with Crippen LogP contribution in [0.1, 0.15) is 15.9 Å². The number of carbonyl (C=O) groups is 2. The van der Waals surface area contributed by atoms with Crippen LogP contribution in [0.25, 0.3) is 0 Å². The summed E-state index contributed by atoms with van der Waals surface area (Å²) in [6, 6.07) is 12.7. The molecule has 2 rings (SSSR count). The van der Waals surface area contributed by atoms with E-state index in [2.05, 4.69) is 10.6 Å². The summed E-state index contributed by atoms with van der Waals surface area (Å²) in [4.78, 5) is 25.5. The van der Waals surface area contributed by atoms with Gasteiger partial charge in [0.05, 0.1) is 10.5 Å². The average Bonchev–Trinajstić information content (AvgIpc) is 2.67. The van der Waals surface area contributed by atoms with Crippen molar-refractivity contribution in [1.82, 2.24) is 15.4 Å². The van der Waals surface area contributed by atoms with Crippen LogP contribution in [0.4, 0.5) is 10.5 Å². The molecule has 28 heavy (non-hydrogen) atoms. The fourth-order valence-electron chi connectivity index (χ4n) is 2.54. The summed E-state index contributed by atoms with van der Waals surface area (Å²) in [5.41, 5.74) is 2.28. The van der Waals surface area contributed by atoms with E-state index >= 15 is 0 Å². The zero-order valence-electron chi connectivity index (χ0n) is 16.0. The highest BCUT2D eigenvalue weighted by molar-refractivity contribution is 7.90. The number of hydrogen-bond acceptors (Lipinski definition) is 5. The molecule has 0 aromatic heterocycles. The topological polar surface area (TPSA) is 108 Å². The molecule has 0 saturated carbocycles. The van der Waals surface area contributed by atoms with Gasteiger partial charge in [-0.25, -0.2) is 17.9 Å². The number of carbonyl (C=O) groups excluding carboxylic acids is 2. The highest BCUT2D eigenvalue weighted by Crippen LogP contribution is 2.17. The Hall–Kier alpha value is -3.07. The molecule has 2 aromatic rings. The van der Waals surface area contributed by atoms with Crippen LogP contribution < -0.4 is 20.3 Å². The lowest BCUT2D eigenvalue weighted by Gasteiger charge is -2.17. The van der Waals surface area contributed by atoms with Crippen LogP contribution in [-0.2, 0) is 16.4 Å². The van der Waals surface area contributed by atoms with E-state index in [0.29, 0.717) is 18.5 Å². The van der Waals surface area contributed by atoms with Crippen molar-refractivity contribution in [1.29, 1.82) is 0 Å². The molecule has 0 aliphatic carbocycles. The molecule has 0 aliphatic rings. The van der Waals surface area contributed by atoms with Gasteiger partial charge in [-0.2, -0.15) is 0 Å². The maximum absolute atomic E-state index is 12.4. The molecular formula is C19H24N4O4S. The third-order valence-corrected chi connectivity index (χ3v) is 5.36. The van der Waals surface area contributed by atoms with Gasteiger partial charge < -0.3 is 15.5 Å². The monoisotopic (exact) mass is 404 g/mol. The maximum Gasteiger partial charge on any atom is 0.328 e. The number of rotatable bonds is 7. The van der Waals surface area contributed by atoms with E-state index in [4.69, 9.17) is 0 Å². The van der Waals surface area contributed by atoms with Crippen molar-refractivity contribution < 1.29 is 18.0 Å². The molecule has 2 aromatic carbocycles. The van der Waals surface area contributed by atoms with Crippen LogP contribution in [0.15, 0.2) is 53.4 Å². The van der Waals surface area contributed by atoms with E-state index in [1.807, 2.05) is 41.9 Å². The molecule has 0 heterocycles. The number of urea groups is 1. The molecule has 0 fully saturated rings. The van der Waals surface area contributed by atoms with Crippen LogP contribution >= 0.6 is 0 Å². The summed E-state index contributed by atoms with van der Waals surface area (Å²) < 4.78 is 25.9. The fraction of sp³-hybridized carbons (Fsp3) is 0.263. The van der Waals surface area contributed by atoms with Gasteiger partial charge in [-0.15, -0.1) is 0 Å². The molecule has 0 radical (unpaired) electrons. The molecule has 0 aliphatic heterocycles. The van der Waals surface area contributed by atoms with Gasteiger partial charge in [0, 0.05) is 33.4 Å². The minimum atomic E-state index is -3.91. The molecular weight excluding hydrogens is 380 g/mol. The first-order chi connectivity index (χ1) is 13.2. The fourth-order valence-corrected chi connectivity index (χ4v) is 3.50. The summed E-state index contributed by atoms with van der Waals surface area (Å²) >= 11 is 0. The Bertz CT molecular complexity index is 941. The van der Waals surface area contributed by atoms with E-state index in [1.54, 1.807) is 18.2 Å². The molecule has 0 unspecified atom stereocenters. The van der Waals surface area contributed by atoms with Gasteiger partial charge in [0.15, 0.2) is 0 Å². The first-order valence-corrected chi connectivity index (χ1v) is 10.1. The largest absolute Gasteiger partial charge is 0.377 e. The lowest BCUT2D eigenvalue weighted by atomic mass is 10.1. The van der Waals surface area contributed by atoms with E-state index in [-0.39, 0.29) is 10.8 Å². The van der Waals surface area contributed by atoms with Crippen molar-refractivity contribution in [2.24, 2.45) is 0 Å². The first kappa shape index (κ1) is 21.2. The summed E-state index contributed by atoms with van der Waals surface area (Å²) in [5.74, 6) is -0.168. The molecule has 0 saturated heterocycles. The number of benzene rings is 2. The standard InChI is InChI=1S/C19H24N4O4S/c1-20-19(25)22-28(26,27)15-10-8-14(9-11-15)12-13-21-18(24)16-6-4-5-7-17(16)23(2)3/h4-11H,12-13H2,1-3H3,(H,21,24)(H2,20,22,25). The van der Waals surface area contributed by atoms with Gasteiger partial charge in [0.25, 0.3) is 15.9 Å². The van der Waals surface area contributed by atoms with Gasteiger partial charge in [-0.05, 0) is 36.2 Å². The second kappa shape index (κ2) is 9.23. The molecule has 3 amide bonds. The average molecular weight is 404 g/mol. The summed E-state index contributed by atoms with van der Waals surface area (Å²) in [6.07, 6.45) is 0.541. The molecule has 0 bridgehead atoms. The number of amides is 3. The second-order valence-corrected chi connectivity index (χ2v) is 7.93. The van der Waals surface area contributed by atoms with E-state index in [1.165, 1.54) is 19.2 Å². The highest BCUT2D eigenvalue weighted by Gasteiger charge is 2.16. The normalized spacial score (nSPS) is 10.8. The number of anilines is 1. The number of hydrogen-bond donors (Lipinski definition) is 3. The number of nitrogens with zero attached hydrogens (tertiary/aromatic N) is 1. The summed E-state index contributed by atoms with van der Waals surface area (Å²) in [7, 11) is 1.18. The Morgan fingerprint density at radius 1 is 1.00 bits per heavy atom. The Kier molecular flexibility index (Phi) is 7.00. The van der Waals surface area contributed by atoms with Crippen molar-refractivity contribution in [3.8, 4) is 0 Å². The SMILES string of the molecule is CNC(=O)NS(=O)(=O)c1ccc(CCNC(=O)c2ccccc2N(C)C)cc1. The van der Waals surface area contributed by atoms with Gasteiger partial charge in [0.2, 0.25) is 0 Å². The molecule has 3 N–H and O–H groups in total. The summed E-state index contributed by atoms with van der Waals surface area (Å²) in [5, 5.41) is 5.06. The zero-order chi connectivity index (χ0) is 20.7. The highest BCUT2D eigenvalue weighted by atomic mass is 32.2. The van der Waals surface area contributed by atoms with Crippen LogP contribution in [0, 0.1) is 0 Å². The van der Waals surface area contributed by atoms with E-state index < -0.39 is 16.1 Å². The lowest BCUT2D eigenvalue weighted by Crippen LogP contribution is -2.37. The molecule has 0 spiro atoms. The number of sulfonamides is 1. The lowest BCUT2D eigenvalue weighted by molar-refractivity contribution is 0.0954. The minimum absolute atomic E-state index is 0.0104. The smallest absolute Gasteiger partial charge is 0.328 e. The van der Waals surface area contributed by atoms with Crippen molar-refractivity contribution in [2.75, 3.05) is 32.6 Å². The van der Waals surface area contributed by atoms with E-state index in [0.717, 1.165) is 11.3 Å². The Morgan fingerprint density at radius 3 is 2.25 bits per heavy atom. The van der Waals surface area contributed by atoms with Crippen LogP contribution in [-0.4, -0.2) is 48.0 Å². The number of para-hydroxylation sites is 1. The number of nitrogens with one attached hydrogen (secondary N) is 3. The van der Waals surface area contributed by atoms with Gasteiger partial charge in [-0.1, -0.05) is 24.3 Å². The third-order valence-electron chi connectivity index (χ3n) is 4.02. The van der Waals surface area contributed by atoms with Crippen molar-refractivity contribution in [3.63, 3.8) is 0 Å². The van der Waals surface area contributed by atoms with E-state index in [9.17, 15) is 18.0 Å². The minimum Gasteiger partial charge on any atom is -0.377 e. The van der Waals surface area contributed by atoms with Gasteiger partial charge in [0.1, 0.15) is 0 Å².